The minimum atomic E-state index is -0.297. The second-order valence-electron chi connectivity index (χ2n) is 21.0. The lowest BCUT2D eigenvalue weighted by Gasteiger charge is -2.67. The zero-order valence-electron chi connectivity index (χ0n) is 33.3. The molecule has 8 rings (SSSR count). The Bertz CT molecular complexity index is 1260. The molecular formula is C44H74N2O4. The monoisotopic (exact) mass is 695 g/mol. The highest BCUT2D eigenvalue weighted by atomic mass is 16.5. The highest BCUT2D eigenvalue weighted by molar-refractivity contribution is 5.84. The summed E-state index contributed by atoms with van der Waals surface area (Å²) in [5.41, 5.74) is 0.164. The largest absolute Gasteiger partial charge is 0.462 e. The summed E-state index contributed by atoms with van der Waals surface area (Å²) in [4.78, 5) is 29.8. The Hall–Kier alpha value is -1.14. The van der Waals surface area contributed by atoms with E-state index in [0.29, 0.717) is 52.2 Å². The predicted octanol–water partition coefficient (Wildman–Crippen LogP) is 8.64. The number of aliphatic hydroxyl groups excluding tert-OH is 1. The summed E-state index contributed by atoms with van der Waals surface area (Å²) in [6.45, 7) is 21.3. The van der Waals surface area contributed by atoms with E-state index in [1.165, 1.54) is 64.2 Å². The number of likely N-dealkylation sites (tertiary alicyclic amines) is 1. The standard InChI is InChI=1S/C40H66N2O4.C4H8/c1-24-21-29(25(24)2)35(44)46-33-14-18-38(6)30(26(33)3)12-17-39(7)31-13-19-40(16-8-9-32(40)28(31)10-11-34(38)39)36(45)41-37(4,5)23-42-20-15-27(43)22-42;1-4-2-3-4/h24-34,43H,8-23H2,1-7H3,(H,41,45);4H,2-3H2,1H3/t24?,25?,26?,27-,28?,29?,30?,31?,32?,33?,34?,38?,39?,40?;/m1./s1. The molecule has 1 heterocycles. The number of amides is 1. The maximum atomic E-state index is 14.4. The third kappa shape index (κ3) is 6.53. The highest BCUT2D eigenvalue weighted by Gasteiger charge is 2.66. The quantitative estimate of drug-likeness (QED) is 0.272. The molecule has 1 amide bonds. The summed E-state index contributed by atoms with van der Waals surface area (Å²) in [7, 11) is 0. The number of rotatable bonds is 6. The molecule has 8 aliphatic rings. The van der Waals surface area contributed by atoms with Gasteiger partial charge in [0.25, 0.3) is 0 Å². The second kappa shape index (κ2) is 13.6. The Morgan fingerprint density at radius 1 is 0.820 bits per heavy atom. The minimum absolute atomic E-state index is 0.0803. The van der Waals surface area contributed by atoms with Crippen LogP contribution < -0.4 is 5.32 Å². The minimum Gasteiger partial charge on any atom is -0.462 e. The number of nitrogens with zero attached hydrogens (tertiary/aromatic N) is 1. The average molecular weight is 695 g/mol. The van der Waals surface area contributed by atoms with E-state index in [4.69, 9.17) is 4.74 Å². The van der Waals surface area contributed by atoms with Gasteiger partial charge in [0, 0.05) is 25.2 Å². The summed E-state index contributed by atoms with van der Waals surface area (Å²) in [5.74, 6) is 6.40. The van der Waals surface area contributed by atoms with E-state index in [1.807, 2.05) is 0 Å². The second-order valence-corrected chi connectivity index (χ2v) is 21.0. The van der Waals surface area contributed by atoms with Crippen LogP contribution in [0.25, 0.3) is 0 Å². The normalized spacial score (nSPS) is 48.5. The molecule has 2 N–H and O–H groups in total. The number of fused-ring (bicyclic) bond motifs is 7. The lowest BCUT2D eigenvalue weighted by molar-refractivity contribution is -0.205. The van der Waals surface area contributed by atoms with Gasteiger partial charge in [-0.05, 0) is 155 Å². The molecule has 6 nitrogen and oxygen atoms in total. The third-order valence-corrected chi connectivity index (χ3v) is 17.4. The molecule has 6 heteroatoms. The lowest BCUT2D eigenvalue weighted by atomic mass is 9.37. The number of β-amino-alcohol motifs (C(OH)–C–C–N with tert-alkyl or cyclic N) is 1. The molecule has 0 bridgehead atoms. The van der Waals surface area contributed by atoms with Crippen LogP contribution in [0.5, 0.6) is 0 Å². The molecule has 13 unspecified atom stereocenters. The van der Waals surface area contributed by atoms with Gasteiger partial charge in [-0.1, -0.05) is 60.8 Å². The van der Waals surface area contributed by atoms with Gasteiger partial charge in [-0.15, -0.1) is 0 Å². The van der Waals surface area contributed by atoms with E-state index in [9.17, 15) is 14.7 Å². The van der Waals surface area contributed by atoms with Gasteiger partial charge in [-0.25, -0.2) is 0 Å². The average Bonchev–Trinajstić information content (AvgIpc) is 3.53. The molecule has 1 aliphatic heterocycles. The van der Waals surface area contributed by atoms with E-state index < -0.39 is 0 Å². The smallest absolute Gasteiger partial charge is 0.309 e. The number of carbonyl (C=O) groups excluding carboxylic acids is 2. The number of ether oxygens (including phenoxy) is 1. The van der Waals surface area contributed by atoms with Gasteiger partial charge in [-0.2, -0.15) is 0 Å². The van der Waals surface area contributed by atoms with Crippen LogP contribution in [-0.4, -0.2) is 59.3 Å². The van der Waals surface area contributed by atoms with Crippen molar-refractivity contribution in [1.82, 2.24) is 10.2 Å². The molecule has 50 heavy (non-hydrogen) atoms. The maximum Gasteiger partial charge on any atom is 0.309 e. The fourth-order valence-corrected chi connectivity index (χ4v) is 14.1. The van der Waals surface area contributed by atoms with Crippen molar-refractivity contribution in [3.8, 4) is 0 Å². The highest BCUT2D eigenvalue weighted by Crippen LogP contribution is 2.72. The fourth-order valence-electron chi connectivity index (χ4n) is 14.1. The Kier molecular flexibility index (Phi) is 10.1. The first-order chi connectivity index (χ1) is 23.6. The van der Waals surface area contributed by atoms with Crippen LogP contribution in [-0.2, 0) is 14.3 Å². The molecule has 1 saturated heterocycles. The van der Waals surface area contributed by atoms with Gasteiger partial charge in [0.05, 0.1) is 17.4 Å². The van der Waals surface area contributed by atoms with Gasteiger partial charge >= 0.3 is 5.97 Å². The Labute approximate surface area is 305 Å². The first-order valence-electron chi connectivity index (χ1n) is 21.5. The predicted molar refractivity (Wildman–Crippen MR) is 200 cm³/mol. The topological polar surface area (TPSA) is 78.9 Å². The Balaban J connectivity index is 0.000000916. The molecular weight excluding hydrogens is 620 g/mol. The van der Waals surface area contributed by atoms with Crippen LogP contribution in [0.15, 0.2) is 0 Å². The van der Waals surface area contributed by atoms with Gasteiger partial charge in [0.15, 0.2) is 0 Å². The van der Waals surface area contributed by atoms with E-state index >= 15 is 0 Å². The molecule has 0 spiro atoms. The molecule has 7 saturated carbocycles. The van der Waals surface area contributed by atoms with Gasteiger partial charge in [0.1, 0.15) is 6.10 Å². The molecule has 284 valence electrons. The van der Waals surface area contributed by atoms with Crippen molar-refractivity contribution < 1.29 is 19.4 Å². The summed E-state index contributed by atoms with van der Waals surface area (Å²) >= 11 is 0. The summed E-state index contributed by atoms with van der Waals surface area (Å²) in [6, 6.07) is 0. The number of aliphatic hydroxyl groups is 1. The molecule has 0 aromatic heterocycles. The molecule has 0 aromatic rings. The number of esters is 1. The van der Waals surface area contributed by atoms with Crippen LogP contribution in [0.4, 0.5) is 0 Å². The third-order valence-electron chi connectivity index (χ3n) is 17.4. The number of hydrogen-bond acceptors (Lipinski definition) is 5. The van der Waals surface area contributed by atoms with Crippen LogP contribution in [0.2, 0.25) is 0 Å². The fraction of sp³-hybridized carbons (Fsp3) is 0.955. The molecule has 8 fully saturated rings. The molecule has 0 radical (unpaired) electrons. The van der Waals surface area contributed by atoms with Crippen molar-refractivity contribution >= 4 is 11.9 Å². The zero-order chi connectivity index (χ0) is 35.8. The lowest BCUT2D eigenvalue weighted by Crippen LogP contribution is -2.63. The van der Waals surface area contributed by atoms with E-state index in [2.05, 4.69) is 65.6 Å². The summed E-state index contributed by atoms with van der Waals surface area (Å²) in [5, 5.41) is 13.6. The number of carbonyl (C=O) groups is 2. The first kappa shape index (κ1) is 37.2. The van der Waals surface area contributed by atoms with Gasteiger partial charge in [-0.3, -0.25) is 14.5 Å². The van der Waals surface area contributed by atoms with E-state index in [1.54, 1.807) is 0 Å². The van der Waals surface area contributed by atoms with Crippen LogP contribution in [0.3, 0.4) is 0 Å². The molecule has 0 aromatic carbocycles. The SMILES string of the molecule is CC1CC(C(=O)OC2CCC3(C)C(CCC4(C)C5CCC6(C(=O)NC(C)(C)CN7CC[C@@H](O)C7)CCCC6C5CCC34)C2C)C1C.CC1CC1. The number of nitrogens with one attached hydrogen (secondary N) is 1. The van der Waals surface area contributed by atoms with Gasteiger partial charge < -0.3 is 15.2 Å². The summed E-state index contributed by atoms with van der Waals surface area (Å²) < 4.78 is 6.33. The van der Waals surface area contributed by atoms with Crippen LogP contribution in [0.1, 0.15) is 152 Å². The first-order valence-corrected chi connectivity index (χ1v) is 21.5. The van der Waals surface area contributed by atoms with Crippen molar-refractivity contribution in [3.05, 3.63) is 0 Å². The van der Waals surface area contributed by atoms with Crippen LogP contribution >= 0.6 is 0 Å². The molecule has 7 aliphatic carbocycles. The van der Waals surface area contributed by atoms with E-state index in [0.717, 1.165) is 69.5 Å². The van der Waals surface area contributed by atoms with E-state index in [-0.39, 0.29) is 35.0 Å². The van der Waals surface area contributed by atoms with Crippen molar-refractivity contribution in [2.24, 2.45) is 75.4 Å². The van der Waals surface area contributed by atoms with Crippen LogP contribution in [0, 0.1) is 75.4 Å². The zero-order valence-corrected chi connectivity index (χ0v) is 33.3. The molecule has 14 atom stereocenters. The number of hydrogen-bond donors (Lipinski definition) is 2. The maximum absolute atomic E-state index is 14.4. The van der Waals surface area contributed by atoms with Crippen molar-refractivity contribution in [3.63, 3.8) is 0 Å². The van der Waals surface area contributed by atoms with Gasteiger partial charge in [0.2, 0.25) is 5.91 Å². The van der Waals surface area contributed by atoms with Crippen molar-refractivity contribution in [2.45, 2.75) is 169 Å². The summed E-state index contributed by atoms with van der Waals surface area (Å²) in [6.07, 6.45) is 17.7. The van der Waals surface area contributed by atoms with Crippen molar-refractivity contribution in [2.75, 3.05) is 19.6 Å². The Morgan fingerprint density at radius 2 is 1.50 bits per heavy atom. The van der Waals surface area contributed by atoms with Crippen molar-refractivity contribution in [1.29, 1.82) is 0 Å². The Morgan fingerprint density at radius 3 is 2.14 bits per heavy atom.